The van der Waals surface area contributed by atoms with Crippen molar-refractivity contribution in [3.05, 3.63) is 89.0 Å². The van der Waals surface area contributed by atoms with Gasteiger partial charge in [0.2, 0.25) is 0 Å². The molecule has 1 aliphatic heterocycles. The molecule has 160 valence electrons. The topological polar surface area (TPSA) is 75.7 Å². The number of benzene rings is 3. The van der Waals surface area contributed by atoms with Gasteiger partial charge in [0.05, 0.1) is 12.0 Å². The van der Waals surface area contributed by atoms with Crippen molar-refractivity contribution < 1.29 is 17.9 Å². The molecule has 0 unspecified atom stereocenters. The van der Waals surface area contributed by atoms with Gasteiger partial charge >= 0.3 is 0 Å². The van der Waals surface area contributed by atoms with Crippen LogP contribution in [0.3, 0.4) is 0 Å². The minimum Gasteiger partial charge on any atom is -0.497 e. The maximum atomic E-state index is 12.9. The standard InChI is InChI=1S/C24H24N2O4S/c1-17-14-22(30-2)10-11-23(17)31(28,29)25-21-9-8-18-12-13-26(16-20(18)15-21)24(27)19-6-4-3-5-7-19/h3-11,14-15,25H,12-13,16H2,1-2H3. The number of hydrogen-bond donors (Lipinski definition) is 1. The van der Waals surface area contributed by atoms with Crippen molar-refractivity contribution in [2.45, 2.75) is 24.8 Å². The van der Waals surface area contributed by atoms with Crippen LogP contribution in [0.1, 0.15) is 27.0 Å². The fourth-order valence-corrected chi connectivity index (χ4v) is 5.09. The zero-order valence-corrected chi connectivity index (χ0v) is 18.3. The Balaban J connectivity index is 1.55. The van der Waals surface area contributed by atoms with Crippen molar-refractivity contribution in [2.75, 3.05) is 18.4 Å². The van der Waals surface area contributed by atoms with Crippen molar-refractivity contribution in [3.63, 3.8) is 0 Å². The molecular weight excluding hydrogens is 412 g/mol. The smallest absolute Gasteiger partial charge is 0.262 e. The third-order valence-electron chi connectivity index (χ3n) is 5.45. The summed E-state index contributed by atoms with van der Waals surface area (Å²) in [5.41, 5.74) is 3.80. The molecule has 31 heavy (non-hydrogen) atoms. The van der Waals surface area contributed by atoms with Crippen LogP contribution in [-0.4, -0.2) is 32.9 Å². The third-order valence-corrected chi connectivity index (χ3v) is 6.99. The zero-order chi connectivity index (χ0) is 22.0. The number of carbonyl (C=O) groups is 1. The van der Waals surface area contributed by atoms with Crippen LogP contribution in [0.15, 0.2) is 71.6 Å². The SMILES string of the molecule is COc1ccc(S(=O)(=O)Nc2ccc3c(c2)CN(C(=O)c2ccccc2)CC3)c(C)c1. The van der Waals surface area contributed by atoms with Gasteiger partial charge < -0.3 is 9.64 Å². The van der Waals surface area contributed by atoms with Crippen molar-refractivity contribution >= 4 is 21.6 Å². The number of rotatable bonds is 5. The number of hydrogen-bond acceptors (Lipinski definition) is 4. The molecule has 3 aromatic rings. The van der Waals surface area contributed by atoms with Gasteiger partial charge in [-0.3, -0.25) is 9.52 Å². The van der Waals surface area contributed by atoms with Crippen molar-refractivity contribution in [1.82, 2.24) is 4.90 Å². The number of sulfonamides is 1. The van der Waals surface area contributed by atoms with Crippen LogP contribution in [0.4, 0.5) is 5.69 Å². The second kappa shape index (κ2) is 8.43. The quantitative estimate of drug-likeness (QED) is 0.656. The van der Waals surface area contributed by atoms with Crippen LogP contribution >= 0.6 is 0 Å². The summed E-state index contributed by atoms with van der Waals surface area (Å²) in [6.07, 6.45) is 0.735. The van der Waals surface area contributed by atoms with Gasteiger partial charge in [-0.15, -0.1) is 0 Å². The second-order valence-electron chi connectivity index (χ2n) is 7.56. The average molecular weight is 437 g/mol. The van der Waals surface area contributed by atoms with E-state index in [4.69, 9.17) is 4.74 Å². The van der Waals surface area contributed by atoms with Gasteiger partial charge in [-0.25, -0.2) is 8.42 Å². The normalized spacial score (nSPS) is 13.4. The number of nitrogens with zero attached hydrogens (tertiary/aromatic N) is 1. The van der Waals surface area contributed by atoms with Crippen LogP contribution in [0.5, 0.6) is 5.75 Å². The van der Waals surface area contributed by atoms with Crippen molar-refractivity contribution in [1.29, 1.82) is 0 Å². The fraction of sp³-hybridized carbons (Fsp3) is 0.208. The zero-order valence-electron chi connectivity index (χ0n) is 17.5. The molecule has 1 N–H and O–H groups in total. The van der Waals surface area contributed by atoms with Gasteiger partial charge in [0.1, 0.15) is 5.75 Å². The summed E-state index contributed by atoms with van der Waals surface area (Å²) in [5.74, 6) is 0.583. The lowest BCUT2D eigenvalue weighted by molar-refractivity contribution is 0.0734. The molecule has 0 spiro atoms. The number of carbonyl (C=O) groups excluding carboxylic acids is 1. The maximum Gasteiger partial charge on any atom is 0.262 e. The summed E-state index contributed by atoms with van der Waals surface area (Å²) in [5, 5.41) is 0. The minimum atomic E-state index is -3.75. The van der Waals surface area contributed by atoms with E-state index in [1.807, 2.05) is 30.3 Å². The number of anilines is 1. The molecule has 6 nitrogen and oxygen atoms in total. The van der Waals surface area contributed by atoms with Gasteiger partial charge in [-0.1, -0.05) is 24.3 Å². The Bertz CT molecular complexity index is 1220. The molecule has 0 aliphatic carbocycles. The van der Waals surface area contributed by atoms with E-state index in [-0.39, 0.29) is 10.8 Å². The highest BCUT2D eigenvalue weighted by atomic mass is 32.2. The second-order valence-corrected chi connectivity index (χ2v) is 9.21. The van der Waals surface area contributed by atoms with Crippen LogP contribution < -0.4 is 9.46 Å². The summed E-state index contributed by atoms with van der Waals surface area (Å²) in [6, 6.07) is 19.5. The van der Waals surface area contributed by atoms with Gasteiger partial charge in [-0.05, 0) is 72.5 Å². The Morgan fingerprint density at radius 1 is 1.00 bits per heavy atom. The summed E-state index contributed by atoms with van der Waals surface area (Å²) < 4.78 is 33.7. The van der Waals surface area contributed by atoms with E-state index in [0.717, 1.165) is 17.5 Å². The first kappa shape index (κ1) is 20.9. The monoisotopic (exact) mass is 436 g/mol. The van der Waals surface area contributed by atoms with E-state index < -0.39 is 10.0 Å². The predicted octanol–water partition coefficient (Wildman–Crippen LogP) is 4.00. The van der Waals surface area contributed by atoms with E-state index in [2.05, 4.69) is 4.72 Å². The molecule has 0 fully saturated rings. The largest absolute Gasteiger partial charge is 0.497 e. The molecule has 4 rings (SSSR count). The Labute approximate surface area is 182 Å². The van der Waals surface area contributed by atoms with Crippen LogP contribution in [0, 0.1) is 6.92 Å². The summed E-state index contributed by atoms with van der Waals surface area (Å²) in [4.78, 5) is 14.8. The Kier molecular flexibility index (Phi) is 5.69. The van der Waals surface area contributed by atoms with E-state index in [1.165, 1.54) is 6.07 Å². The van der Waals surface area contributed by atoms with Gasteiger partial charge in [0.25, 0.3) is 15.9 Å². The lowest BCUT2D eigenvalue weighted by atomic mass is 9.98. The van der Waals surface area contributed by atoms with Gasteiger partial charge in [0.15, 0.2) is 0 Å². The molecule has 1 heterocycles. The van der Waals surface area contributed by atoms with Crippen molar-refractivity contribution in [2.24, 2.45) is 0 Å². The number of aryl methyl sites for hydroxylation is 1. The van der Waals surface area contributed by atoms with Gasteiger partial charge in [0, 0.05) is 24.3 Å². The average Bonchev–Trinajstić information content (AvgIpc) is 2.78. The van der Waals surface area contributed by atoms with Crippen LogP contribution in [0.2, 0.25) is 0 Å². The maximum absolute atomic E-state index is 12.9. The summed E-state index contributed by atoms with van der Waals surface area (Å²) in [6.45, 7) is 2.81. The molecule has 0 atom stereocenters. The van der Waals surface area contributed by atoms with E-state index in [1.54, 1.807) is 49.3 Å². The highest BCUT2D eigenvalue weighted by Crippen LogP contribution is 2.27. The number of nitrogens with one attached hydrogen (secondary N) is 1. The lowest BCUT2D eigenvalue weighted by Crippen LogP contribution is -2.36. The molecule has 0 aromatic heterocycles. The summed E-state index contributed by atoms with van der Waals surface area (Å²) >= 11 is 0. The number of ether oxygens (including phenoxy) is 1. The first-order chi connectivity index (χ1) is 14.9. The van der Waals surface area contributed by atoms with Gasteiger partial charge in [-0.2, -0.15) is 0 Å². The Morgan fingerprint density at radius 2 is 1.77 bits per heavy atom. The number of fused-ring (bicyclic) bond motifs is 1. The predicted molar refractivity (Wildman–Crippen MR) is 120 cm³/mol. The molecule has 0 radical (unpaired) electrons. The lowest BCUT2D eigenvalue weighted by Gasteiger charge is -2.29. The van der Waals surface area contributed by atoms with E-state index in [9.17, 15) is 13.2 Å². The number of amides is 1. The number of methoxy groups -OCH3 is 1. The highest BCUT2D eigenvalue weighted by Gasteiger charge is 2.23. The minimum absolute atomic E-state index is 0.0221. The Hall–Kier alpha value is -3.32. The molecule has 0 bridgehead atoms. The molecular formula is C24H24N2O4S. The summed E-state index contributed by atoms with van der Waals surface area (Å²) in [7, 11) is -2.21. The van der Waals surface area contributed by atoms with E-state index >= 15 is 0 Å². The van der Waals surface area contributed by atoms with Crippen LogP contribution in [-0.2, 0) is 23.0 Å². The molecule has 3 aromatic carbocycles. The van der Waals surface area contributed by atoms with E-state index in [0.29, 0.717) is 35.7 Å². The molecule has 7 heteroatoms. The first-order valence-corrected chi connectivity index (χ1v) is 11.5. The Morgan fingerprint density at radius 3 is 2.48 bits per heavy atom. The molecule has 1 amide bonds. The van der Waals surface area contributed by atoms with Crippen molar-refractivity contribution in [3.8, 4) is 5.75 Å². The molecule has 0 saturated carbocycles. The molecule has 0 saturated heterocycles. The first-order valence-electron chi connectivity index (χ1n) is 10.0. The molecule has 1 aliphatic rings. The highest BCUT2D eigenvalue weighted by molar-refractivity contribution is 7.92. The fourth-order valence-electron chi connectivity index (χ4n) is 3.82. The van der Waals surface area contributed by atoms with Crippen LogP contribution in [0.25, 0.3) is 0 Å². The third kappa shape index (κ3) is 4.41.